The lowest BCUT2D eigenvalue weighted by molar-refractivity contribution is -0.135. The lowest BCUT2D eigenvalue weighted by atomic mass is 10.0. The van der Waals surface area contributed by atoms with Gasteiger partial charge in [-0.25, -0.2) is 4.79 Å². The summed E-state index contributed by atoms with van der Waals surface area (Å²) < 4.78 is 15.5. The Morgan fingerprint density at radius 2 is 1.27 bits per heavy atom. The van der Waals surface area contributed by atoms with Crippen molar-refractivity contribution in [3.8, 4) is 17.2 Å². The molecule has 0 aromatic heterocycles. The molecule has 1 rings (SSSR count). The Bertz CT molecular complexity index is 837. The highest BCUT2D eigenvalue weighted by molar-refractivity contribution is 6.03. The molecule has 164 valence electrons. The molecule has 11 nitrogen and oxygen atoms in total. The van der Waals surface area contributed by atoms with Crippen molar-refractivity contribution in [1.82, 2.24) is 10.6 Å². The first-order valence-corrected chi connectivity index (χ1v) is 9.10. The number of anilines is 1. The van der Waals surface area contributed by atoms with Crippen LogP contribution in [0.2, 0.25) is 0 Å². The summed E-state index contributed by atoms with van der Waals surface area (Å²) in [6.07, 6.45) is 0.763. The molecular weight excluding hydrogens is 396 g/mol. The SMILES string of the molecule is CCCNC(=N)NC(=O)Nc1c(C)c(OC(C)=O)c(OC(C)=O)c(OC(C)=O)c1C. The van der Waals surface area contributed by atoms with E-state index in [9.17, 15) is 19.2 Å². The third kappa shape index (κ3) is 6.76. The van der Waals surface area contributed by atoms with E-state index in [1.807, 2.05) is 6.92 Å². The number of amides is 2. The zero-order valence-corrected chi connectivity index (χ0v) is 17.8. The number of carbonyl (C=O) groups is 4. The maximum Gasteiger partial charge on any atom is 0.326 e. The van der Waals surface area contributed by atoms with E-state index in [0.717, 1.165) is 27.2 Å². The van der Waals surface area contributed by atoms with Gasteiger partial charge in [0, 0.05) is 38.4 Å². The maximum atomic E-state index is 12.3. The lowest BCUT2D eigenvalue weighted by Crippen LogP contribution is -2.42. The fraction of sp³-hybridized carbons (Fsp3) is 0.421. The zero-order valence-electron chi connectivity index (χ0n) is 17.8. The normalized spacial score (nSPS) is 9.93. The molecule has 0 bridgehead atoms. The third-order valence-corrected chi connectivity index (χ3v) is 3.61. The van der Waals surface area contributed by atoms with Crippen molar-refractivity contribution in [3.63, 3.8) is 0 Å². The predicted molar refractivity (Wildman–Crippen MR) is 108 cm³/mol. The first kappa shape index (κ1) is 24.4. The average molecular weight is 422 g/mol. The van der Waals surface area contributed by atoms with Crippen LogP contribution in [0.15, 0.2) is 0 Å². The molecule has 11 heteroatoms. The predicted octanol–water partition coefficient (Wildman–Crippen LogP) is 2.14. The molecule has 0 spiro atoms. The number of hydrogen-bond donors (Lipinski definition) is 4. The van der Waals surface area contributed by atoms with Gasteiger partial charge in [0.25, 0.3) is 0 Å². The number of carbonyl (C=O) groups excluding carboxylic acids is 4. The van der Waals surface area contributed by atoms with Crippen molar-refractivity contribution in [2.24, 2.45) is 0 Å². The van der Waals surface area contributed by atoms with Crippen molar-refractivity contribution in [2.75, 3.05) is 11.9 Å². The van der Waals surface area contributed by atoms with Crippen LogP contribution in [0, 0.1) is 19.3 Å². The van der Waals surface area contributed by atoms with Crippen LogP contribution in [0.1, 0.15) is 45.2 Å². The summed E-state index contributed by atoms with van der Waals surface area (Å²) in [5, 5.41) is 15.2. The minimum atomic E-state index is -0.752. The lowest BCUT2D eigenvalue weighted by Gasteiger charge is -2.21. The van der Waals surface area contributed by atoms with Gasteiger partial charge in [0.15, 0.2) is 17.5 Å². The van der Waals surface area contributed by atoms with E-state index in [1.54, 1.807) is 0 Å². The van der Waals surface area contributed by atoms with Crippen LogP contribution in [0.25, 0.3) is 0 Å². The van der Waals surface area contributed by atoms with E-state index in [1.165, 1.54) is 13.8 Å². The Hall–Kier alpha value is -3.63. The molecule has 0 unspecified atom stereocenters. The quantitative estimate of drug-likeness (QED) is 0.235. The van der Waals surface area contributed by atoms with E-state index in [4.69, 9.17) is 19.6 Å². The number of hydrogen-bond acceptors (Lipinski definition) is 8. The molecule has 0 aliphatic heterocycles. The number of nitrogens with one attached hydrogen (secondary N) is 4. The van der Waals surface area contributed by atoms with Crippen LogP contribution in [-0.2, 0) is 14.4 Å². The highest BCUT2D eigenvalue weighted by Gasteiger charge is 2.27. The van der Waals surface area contributed by atoms with Crippen molar-refractivity contribution >= 4 is 35.6 Å². The zero-order chi connectivity index (χ0) is 23.0. The highest BCUT2D eigenvalue weighted by atomic mass is 16.6. The van der Waals surface area contributed by atoms with Crippen molar-refractivity contribution in [2.45, 2.75) is 48.0 Å². The second kappa shape index (κ2) is 10.8. The fourth-order valence-electron chi connectivity index (χ4n) is 2.46. The third-order valence-electron chi connectivity index (χ3n) is 3.61. The molecule has 0 radical (unpaired) electrons. The van der Waals surface area contributed by atoms with E-state index in [-0.39, 0.29) is 40.0 Å². The molecule has 2 amide bonds. The van der Waals surface area contributed by atoms with Gasteiger partial charge in [-0.15, -0.1) is 0 Å². The number of esters is 3. The monoisotopic (exact) mass is 422 g/mol. The Balaban J connectivity index is 3.49. The molecule has 0 heterocycles. The summed E-state index contributed by atoms with van der Waals surface area (Å²) in [7, 11) is 0. The number of benzene rings is 1. The van der Waals surface area contributed by atoms with Crippen LogP contribution in [0.4, 0.5) is 10.5 Å². The molecule has 1 aromatic carbocycles. The summed E-state index contributed by atoms with van der Waals surface area (Å²) in [6.45, 7) is 8.87. The molecule has 0 saturated heterocycles. The minimum Gasteiger partial charge on any atom is -0.422 e. The highest BCUT2D eigenvalue weighted by Crippen LogP contribution is 2.47. The first-order chi connectivity index (χ1) is 14.0. The second-order valence-electron chi connectivity index (χ2n) is 6.27. The first-order valence-electron chi connectivity index (χ1n) is 9.10. The fourth-order valence-corrected chi connectivity index (χ4v) is 2.46. The summed E-state index contributed by atoms with van der Waals surface area (Å²) in [5.41, 5.74) is 0.648. The molecule has 4 N–H and O–H groups in total. The number of rotatable bonds is 6. The number of guanidine groups is 1. The largest absolute Gasteiger partial charge is 0.422 e. The van der Waals surface area contributed by atoms with Gasteiger partial charge in [0.1, 0.15) is 0 Å². The molecule has 0 aliphatic carbocycles. The van der Waals surface area contributed by atoms with Gasteiger partial charge in [0.2, 0.25) is 5.75 Å². The standard InChI is InChI=1S/C19H26N4O7/c1-7-8-21-18(20)23-19(27)22-14-9(2)15(28-11(4)24)17(30-13(6)26)16(10(14)3)29-12(5)25/h7-8H2,1-6H3,(H4,20,21,22,23,27). The topological polar surface area (TPSA) is 156 Å². The van der Waals surface area contributed by atoms with Gasteiger partial charge in [-0.3, -0.25) is 25.1 Å². The van der Waals surface area contributed by atoms with Gasteiger partial charge >= 0.3 is 23.9 Å². The molecular formula is C19H26N4O7. The van der Waals surface area contributed by atoms with Crippen LogP contribution in [-0.4, -0.2) is 36.4 Å². The molecule has 1 aromatic rings. The van der Waals surface area contributed by atoms with E-state index >= 15 is 0 Å². The number of ether oxygens (including phenoxy) is 3. The molecule has 0 aliphatic rings. The van der Waals surface area contributed by atoms with Crippen molar-refractivity contribution in [3.05, 3.63) is 11.1 Å². The maximum absolute atomic E-state index is 12.3. The van der Waals surface area contributed by atoms with Gasteiger partial charge in [0.05, 0.1) is 5.69 Å². The average Bonchev–Trinajstić information content (AvgIpc) is 2.62. The molecule has 0 atom stereocenters. The summed E-state index contributed by atoms with van der Waals surface area (Å²) in [4.78, 5) is 47.1. The van der Waals surface area contributed by atoms with Gasteiger partial charge < -0.3 is 24.8 Å². The minimum absolute atomic E-state index is 0.152. The van der Waals surface area contributed by atoms with E-state index < -0.39 is 23.9 Å². The summed E-state index contributed by atoms with van der Waals surface area (Å²) >= 11 is 0. The Kier molecular flexibility index (Phi) is 8.78. The Morgan fingerprint density at radius 3 is 1.67 bits per heavy atom. The van der Waals surface area contributed by atoms with E-state index in [0.29, 0.717) is 6.54 Å². The van der Waals surface area contributed by atoms with Gasteiger partial charge in [-0.1, -0.05) is 6.92 Å². The molecule has 30 heavy (non-hydrogen) atoms. The van der Waals surface area contributed by atoms with Gasteiger partial charge in [-0.05, 0) is 20.3 Å². The smallest absolute Gasteiger partial charge is 0.326 e. The van der Waals surface area contributed by atoms with Crippen molar-refractivity contribution in [1.29, 1.82) is 5.41 Å². The second-order valence-corrected chi connectivity index (χ2v) is 6.27. The Morgan fingerprint density at radius 1 is 0.833 bits per heavy atom. The van der Waals surface area contributed by atoms with E-state index in [2.05, 4.69) is 16.0 Å². The molecule has 0 saturated carbocycles. The van der Waals surface area contributed by atoms with Crippen LogP contribution in [0.3, 0.4) is 0 Å². The van der Waals surface area contributed by atoms with Crippen LogP contribution < -0.4 is 30.2 Å². The van der Waals surface area contributed by atoms with Crippen LogP contribution >= 0.6 is 0 Å². The number of urea groups is 1. The summed E-state index contributed by atoms with van der Waals surface area (Å²) in [5.74, 6) is -3.00. The molecule has 0 fully saturated rings. The van der Waals surface area contributed by atoms with Gasteiger partial charge in [-0.2, -0.15) is 0 Å². The summed E-state index contributed by atoms with van der Waals surface area (Å²) in [6, 6.07) is -0.752. The Labute approximate surface area is 173 Å². The van der Waals surface area contributed by atoms with Crippen LogP contribution in [0.5, 0.6) is 17.2 Å². The van der Waals surface area contributed by atoms with Crippen molar-refractivity contribution < 1.29 is 33.4 Å².